The zero-order valence-corrected chi connectivity index (χ0v) is 15.0. The summed E-state index contributed by atoms with van der Waals surface area (Å²) in [6.45, 7) is 2.08. The summed E-state index contributed by atoms with van der Waals surface area (Å²) in [7, 11) is 0. The zero-order valence-electron chi connectivity index (χ0n) is 15.0. The SMILES string of the molecule is CCCCCC(=O)C=C[C@H]1[C@H](O)CC(=O)[C@@H]1CC=CCCCC(=O)O. The van der Waals surface area contributed by atoms with E-state index in [1.807, 2.05) is 12.2 Å². The van der Waals surface area contributed by atoms with Gasteiger partial charge in [0.2, 0.25) is 0 Å². The lowest BCUT2D eigenvalue weighted by Crippen LogP contribution is -2.18. The van der Waals surface area contributed by atoms with E-state index in [9.17, 15) is 19.5 Å². The van der Waals surface area contributed by atoms with Crippen molar-refractivity contribution in [1.82, 2.24) is 0 Å². The highest BCUT2D eigenvalue weighted by atomic mass is 16.4. The number of hydrogen-bond donors (Lipinski definition) is 2. The molecule has 25 heavy (non-hydrogen) atoms. The van der Waals surface area contributed by atoms with Crippen molar-refractivity contribution in [3.8, 4) is 0 Å². The fourth-order valence-electron chi connectivity index (χ4n) is 3.11. The maximum absolute atomic E-state index is 12.1. The number of carbonyl (C=O) groups is 3. The minimum atomic E-state index is -0.809. The van der Waals surface area contributed by atoms with E-state index >= 15 is 0 Å². The van der Waals surface area contributed by atoms with Crippen molar-refractivity contribution < 1.29 is 24.6 Å². The van der Waals surface area contributed by atoms with E-state index in [0.717, 1.165) is 19.3 Å². The molecule has 0 saturated heterocycles. The van der Waals surface area contributed by atoms with Crippen LogP contribution < -0.4 is 0 Å². The number of ketones is 2. The van der Waals surface area contributed by atoms with E-state index in [1.54, 1.807) is 6.08 Å². The number of unbranched alkanes of at least 4 members (excludes halogenated alkanes) is 3. The average Bonchev–Trinajstić information content (AvgIpc) is 2.82. The molecule has 0 amide bonds. The summed E-state index contributed by atoms with van der Waals surface area (Å²) in [4.78, 5) is 34.4. The Bertz CT molecular complexity index is 506. The first kappa shape index (κ1) is 21.3. The van der Waals surface area contributed by atoms with Gasteiger partial charge in [0.15, 0.2) is 5.78 Å². The van der Waals surface area contributed by atoms with Gasteiger partial charge in [0.05, 0.1) is 6.10 Å². The molecule has 0 aromatic rings. The lowest BCUT2D eigenvalue weighted by molar-refractivity contribution is -0.137. The molecule has 0 aromatic heterocycles. The number of allylic oxidation sites excluding steroid dienone is 3. The highest BCUT2D eigenvalue weighted by Crippen LogP contribution is 2.33. The standard InChI is InChI=1S/C20H30O5/c1-2-3-6-9-15(21)12-13-17-16(18(22)14-19(17)23)10-7-4-5-8-11-20(24)25/h4,7,12-13,16-17,19,23H,2-3,5-6,8-11,14H2,1H3,(H,24,25)/t16-,17-,19-/m1/s1. The van der Waals surface area contributed by atoms with Crippen molar-refractivity contribution in [3.63, 3.8) is 0 Å². The fourth-order valence-corrected chi connectivity index (χ4v) is 3.11. The Morgan fingerprint density at radius 3 is 2.60 bits per heavy atom. The van der Waals surface area contributed by atoms with Crippen molar-refractivity contribution in [1.29, 1.82) is 0 Å². The van der Waals surface area contributed by atoms with Gasteiger partial charge in [-0.1, -0.05) is 38.0 Å². The second-order valence-corrected chi connectivity index (χ2v) is 6.70. The maximum atomic E-state index is 12.1. The van der Waals surface area contributed by atoms with Gasteiger partial charge in [-0.15, -0.1) is 0 Å². The van der Waals surface area contributed by atoms with Crippen molar-refractivity contribution >= 4 is 17.5 Å². The Balaban J connectivity index is 2.49. The van der Waals surface area contributed by atoms with Gasteiger partial charge < -0.3 is 10.2 Å². The molecule has 0 heterocycles. The van der Waals surface area contributed by atoms with Crippen molar-refractivity contribution in [2.45, 2.75) is 70.8 Å². The molecular weight excluding hydrogens is 320 g/mol. The summed E-state index contributed by atoms with van der Waals surface area (Å²) in [5.41, 5.74) is 0. The van der Waals surface area contributed by atoms with Crippen LogP contribution in [0.1, 0.15) is 64.7 Å². The smallest absolute Gasteiger partial charge is 0.303 e. The molecule has 0 radical (unpaired) electrons. The van der Waals surface area contributed by atoms with Crippen LogP contribution in [0.25, 0.3) is 0 Å². The van der Waals surface area contributed by atoms with Gasteiger partial charge in [0.25, 0.3) is 0 Å². The number of hydrogen-bond acceptors (Lipinski definition) is 4. The van der Waals surface area contributed by atoms with E-state index < -0.39 is 12.1 Å². The molecule has 0 aliphatic heterocycles. The quantitative estimate of drug-likeness (QED) is 0.319. The molecule has 1 fully saturated rings. The monoisotopic (exact) mass is 350 g/mol. The Kier molecular flexibility index (Phi) is 10.0. The number of rotatable bonds is 12. The van der Waals surface area contributed by atoms with Gasteiger partial charge in [-0.3, -0.25) is 14.4 Å². The largest absolute Gasteiger partial charge is 0.481 e. The van der Waals surface area contributed by atoms with Crippen LogP contribution in [-0.2, 0) is 14.4 Å². The van der Waals surface area contributed by atoms with Gasteiger partial charge in [0, 0.05) is 31.1 Å². The molecule has 5 nitrogen and oxygen atoms in total. The number of aliphatic hydroxyl groups is 1. The number of Topliss-reactive ketones (excluding diaryl/α,β-unsaturated/α-hetero) is 1. The second kappa shape index (κ2) is 11.7. The zero-order chi connectivity index (χ0) is 18.7. The van der Waals surface area contributed by atoms with E-state index in [1.165, 1.54) is 6.08 Å². The molecule has 5 heteroatoms. The van der Waals surface area contributed by atoms with Crippen LogP contribution in [-0.4, -0.2) is 33.9 Å². The molecule has 2 N–H and O–H groups in total. The van der Waals surface area contributed by atoms with Crippen LogP contribution in [0.4, 0.5) is 0 Å². The Morgan fingerprint density at radius 2 is 1.92 bits per heavy atom. The second-order valence-electron chi connectivity index (χ2n) is 6.70. The first-order valence-electron chi connectivity index (χ1n) is 9.24. The third-order valence-electron chi connectivity index (χ3n) is 4.58. The molecule has 140 valence electrons. The fraction of sp³-hybridized carbons (Fsp3) is 0.650. The number of aliphatic carboxylic acids is 1. The third kappa shape index (κ3) is 8.25. The third-order valence-corrected chi connectivity index (χ3v) is 4.58. The predicted octanol–water partition coefficient (Wildman–Crippen LogP) is 3.46. The minimum Gasteiger partial charge on any atom is -0.481 e. The van der Waals surface area contributed by atoms with Crippen molar-refractivity contribution in [3.05, 3.63) is 24.3 Å². The molecule has 0 bridgehead atoms. The topological polar surface area (TPSA) is 91.7 Å². The average molecular weight is 350 g/mol. The molecule has 1 saturated carbocycles. The lowest BCUT2D eigenvalue weighted by atomic mass is 9.90. The molecule has 0 aromatic carbocycles. The molecule has 1 aliphatic carbocycles. The van der Waals surface area contributed by atoms with Gasteiger partial charge in [-0.2, -0.15) is 0 Å². The van der Waals surface area contributed by atoms with E-state index in [0.29, 0.717) is 25.7 Å². The van der Waals surface area contributed by atoms with Crippen LogP contribution in [0.2, 0.25) is 0 Å². The summed E-state index contributed by atoms with van der Waals surface area (Å²) in [5.74, 6) is -1.35. The summed E-state index contributed by atoms with van der Waals surface area (Å²) in [6.07, 6.45) is 11.8. The molecule has 3 atom stereocenters. The Morgan fingerprint density at radius 1 is 1.16 bits per heavy atom. The van der Waals surface area contributed by atoms with Crippen LogP contribution >= 0.6 is 0 Å². The number of carbonyl (C=O) groups excluding carboxylic acids is 2. The molecule has 1 aliphatic rings. The highest BCUT2D eigenvalue weighted by molar-refractivity contribution is 5.90. The van der Waals surface area contributed by atoms with E-state index in [2.05, 4.69) is 6.92 Å². The van der Waals surface area contributed by atoms with E-state index in [-0.39, 0.29) is 36.2 Å². The van der Waals surface area contributed by atoms with Crippen LogP contribution in [0, 0.1) is 11.8 Å². The predicted molar refractivity (Wildman–Crippen MR) is 96.1 cm³/mol. The molecule has 1 rings (SSSR count). The summed E-state index contributed by atoms with van der Waals surface area (Å²) in [5, 5.41) is 18.7. The highest BCUT2D eigenvalue weighted by Gasteiger charge is 2.39. The van der Waals surface area contributed by atoms with Crippen molar-refractivity contribution in [2.24, 2.45) is 11.8 Å². The number of carboxylic acid groups (broad SMARTS) is 1. The lowest BCUT2D eigenvalue weighted by Gasteiger charge is -2.15. The first-order valence-corrected chi connectivity index (χ1v) is 9.24. The van der Waals surface area contributed by atoms with Gasteiger partial charge in [0.1, 0.15) is 5.78 Å². The van der Waals surface area contributed by atoms with E-state index in [4.69, 9.17) is 5.11 Å². The van der Waals surface area contributed by atoms with Gasteiger partial charge in [-0.25, -0.2) is 0 Å². The van der Waals surface area contributed by atoms with Gasteiger partial charge in [-0.05, 0) is 31.8 Å². The van der Waals surface area contributed by atoms with Crippen LogP contribution in [0.3, 0.4) is 0 Å². The summed E-state index contributed by atoms with van der Waals surface area (Å²) < 4.78 is 0. The first-order chi connectivity index (χ1) is 12.0. The van der Waals surface area contributed by atoms with Crippen LogP contribution in [0.15, 0.2) is 24.3 Å². The molecule has 0 unspecified atom stereocenters. The Hall–Kier alpha value is -1.75. The summed E-state index contributed by atoms with van der Waals surface area (Å²) in [6, 6.07) is 0. The van der Waals surface area contributed by atoms with Crippen LogP contribution in [0.5, 0.6) is 0 Å². The number of carboxylic acids is 1. The number of aliphatic hydroxyl groups excluding tert-OH is 1. The molecule has 0 spiro atoms. The minimum absolute atomic E-state index is 0.0239. The van der Waals surface area contributed by atoms with Gasteiger partial charge >= 0.3 is 5.97 Å². The maximum Gasteiger partial charge on any atom is 0.303 e. The van der Waals surface area contributed by atoms with Crippen molar-refractivity contribution in [2.75, 3.05) is 0 Å². The summed E-state index contributed by atoms with van der Waals surface area (Å²) >= 11 is 0. The molecular formula is C20H30O5. The normalized spacial score (nSPS) is 23.8. The Labute approximate surface area is 149 Å².